The number of allylic oxidation sites excluding steroid dienone is 2. The van der Waals surface area contributed by atoms with Crippen molar-refractivity contribution in [1.29, 1.82) is 0 Å². The third-order valence-electron chi connectivity index (χ3n) is 7.95. The number of cyclic esters (lactones) is 1. The normalized spacial score (nSPS) is 26.2. The number of hydrogen-bond acceptors (Lipinski definition) is 10. The molecule has 13 nitrogen and oxygen atoms in total. The Bertz CT molecular complexity index is 1550. The molecule has 5 unspecified atom stereocenters. The number of ether oxygens (including phenoxy) is 2. The monoisotopic (exact) mass is 662 g/mol. The first-order valence-electron chi connectivity index (χ1n) is 16.0. The van der Waals surface area contributed by atoms with E-state index in [1.165, 1.54) is 17.1 Å². The number of esters is 1. The van der Waals surface area contributed by atoms with Crippen LogP contribution in [0, 0.1) is 11.8 Å². The van der Waals surface area contributed by atoms with Crippen molar-refractivity contribution >= 4 is 35.3 Å². The van der Waals surface area contributed by atoms with E-state index in [1.807, 2.05) is 6.07 Å². The number of carbonyl (C=O) groups is 5. The number of fused-ring (bicyclic) bond motifs is 3. The van der Waals surface area contributed by atoms with E-state index >= 15 is 0 Å². The van der Waals surface area contributed by atoms with Crippen LogP contribution in [0.4, 0.5) is 10.5 Å². The maximum Gasteiger partial charge on any atom is 0.411 e. The van der Waals surface area contributed by atoms with Gasteiger partial charge in [-0.25, -0.2) is 14.6 Å². The summed E-state index contributed by atoms with van der Waals surface area (Å²) in [6.07, 6.45) is 6.99. The molecule has 5 atom stereocenters. The molecule has 2 aliphatic heterocycles. The van der Waals surface area contributed by atoms with Crippen molar-refractivity contribution in [2.75, 3.05) is 25.0 Å². The van der Waals surface area contributed by atoms with Crippen molar-refractivity contribution in [3.63, 3.8) is 0 Å². The molecular weight excluding hydrogens is 620 g/mol. The largest absolute Gasteiger partial charge is 0.460 e. The van der Waals surface area contributed by atoms with Crippen molar-refractivity contribution in [2.45, 2.75) is 64.7 Å². The lowest BCUT2D eigenvalue weighted by atomic mass is 9.93. The predicted octanol–water partition coefficient (Wildman–Crippen LogP) is 3.76. The van der Waals surface area contributed by atoms with Gasteiger partial charge in [-0.15, -0.1) is 0 Å². The van der Waals surface area contributed by atoms with Crippen LogP contribution in [0.1, 0.15) is 56.4 Å². The molecule has 13 heteroatoms. The van der Waals surface area contributed by atoms with E-state index in [0.717, 1.165) is 6.26 Å². The van der Waals surface area contributed by atoms with Gasteiger partial charge in [-0.3, -0.25) is 19.7 Å². The number of hydrogen-bond donors (Lipinski definition) is 3. The van der Waals surface area contributed by atoms with Crippen LogP contribution in [-0.4, -0.2) is 82.6 Å². The van der Waals surface area contributed by atoms with Gasteiger partial charge in [0.05, 0.1) is 19.1 Å². The Balaban J connectivity index is 1.54. The van der Waals surface area contributed by atoms with E-state index < -0.39 is 48.1 Å². The molecule has 2 bridgehead atoms. The lowest BCUT2D eigenvalue weighted by molar-refractivity contribution is -0.159. The summed E-state index contributed by atoms with van der Waals surface area (Å²) in [6, 6.07) is 7.89. The van der Waals surface area contributed by atoms with Gasteiger partial charge in [0.15, 0.2) is 5.69 Å². The first-order valence-corrected chi connectivity index (χ1v) is 16.0. The molecule has 3 N–H and O–H groups in total. The Morgan fingerprint density at radius 1 is 1.19 bits per heavy atom. The Kier molecular flexibility index (Phi) is 12.8. The van der Waals surface area contributed by atoms with E-state index in [0.29, 0.717) is 24.1 Å². The Morgan fingerprint density at radius 3 is 2.73 bits per heavy atom. The van der Waals surface area contributed by atoms with Crippen LogP contribution in [0.2, 0.25) is 0 Å². The van der Waals surface area contributed by atoms with Crippen molar-refractivity contribution < 1.29 is 43.0 Å². The quantitative estimate of drug-likeness (QED) is 0.409. The summed E-state index contributed by atoms with van der Waals surface area (Å²) in [6.45, 7) is 5.68. The second kappa shape index (κ2) is 17.2. The molecule has 4 rings (SSSR count). The number of aromatic nitrogens is 1. The van der Waals surface area contributed by atoms with Gasteiger partial charge in [0.2, 0.25) is 11.8 Å². The fourth-order valence-corrected chi connectivity index (χ4v) is 5.53. The molecule has 0 spiro atoms. The van der Waals surface area contributed by atoms with Gasteiger partial charge in [-0.05, 0) is 38.0 Å². The van der Waals surface area contributed by atoms with E-state index in [9.17, 15) is 29.1 Å². The number of anilines is 1. The van der Waals surface area contributed by atoms with E-state index in [2.05, 4.69) is 15.6 Å². The fourth-order valence-electron chi connectivity index (χ4n) is 5.53. The first kappa shape index (κ1) is 35.8. The zero-order valence-corrected chi connectivity index (χ0v) is 27.3. The van der Waals surface area contributed by atoms with Gasteiger partial charge in [-0.2, -0.15) is 0 Å². The second-order valence-corrected chi connectivity index (χ2v) is 12.0. The maximum absolute atomic E-state index is 13.6. The molecule has 0 saturated carbocycles. The molecule has 1 aromatic heterocycles. The number of aliphatic hydroxyl groups is 1. The highest BCUT2D eigenvalue weighted by molar-refractivity contribution is 5.95. The summed E-state index contributed by atoms with van der Waals surface area (Å²) in [5.41, 5.74) is 1.19. The van der Waals surface area contributed by atoms with Gasteiger partial charge in [-0.1, -0.05) is 61.9 Å². The minimum atomic E-state index is -1.05. The number of benzene rings is 1. The number of nitrogens with zero attached hydrogens (tertiary/aromatic N) is 2. The number of Topliss-reactive ketones (excluding diaryl/α,β-unsaturated/α-hetero) is 1. The summed E-state index contributed by atoms with van der Waals surface area (Å²) >= 11 is 0. The molecule has 1 fully saturated rings. The number of oxazole rings is 1. The van der Waals surface area contributed by atoms with Gasteiger partial charge >= 0.3 is 12.1 Å². The highest BCUT2D eigenvalue weighted by Gasteiger charge is 2.39. The number of para-hydroxylation sites is 1. The van der Waals surface area contributed by atoms with Crippen LogP contribution >= 0.6 is 0 Å². The van der Waals surface area contributed by atoms with Crippen LogP contribution in [0.5, 0.6) is 0 Å². The number of aliphatic hydroxyl groups excluding tert-OH is 1. The van der Waals surface area contributed by atoms with Crippen LogP contribution in [0.15, 0.2) is 77.0 Å². The Morgan fingerprint density at radius 2 is 1.96 bits per heavy atom. The molecule has 1 saturated heterocycles. The third kappa shape index (κ3) is 10.5. The predicted molar refractivity (Wildman–Crippen MR) is 175 cm³/mol. The minimum Gasteiger partial charge on any atom is -0.460 e. The molecule has 0 aliphatic carbocycles. The number of amides is 3. The van der Waals surface area contributed by atoms with Crippen LogP contribution in [0.3, 0.4) is 0 Å². The first-order chi connectivity index (χ1) is 23.0. The molecule has 1 aromatic carbocycles. The Hall–Kier alpha value is -5.04. The maximum atomic E-state index is 13.6. The molecule has 3 heterocycles. The van der Waals surface area contributed by atoms with Crippen molar-refractivity contribution in [1.82, 2.24) is 15.2 Å². The molecule has 0 radical (unpaired) electrons. The van der Waals surface area contributed by atoms with Crippen LogP contribution < -0.4 is 10.6 Å². The summed E-state index contributed by atoms with van der Waals surface area (Å²) in [7, 11) is 0. The number of ketones is 1. The van der Waals surface area contributed by atoms with Crippen LogP contribution in [-0.2, 0) is 30.3 Å². The summed E-state index contributed by atoms with van der Waals surface area (Å²) in [5, 5.41) is 15.7. The van der Waals surface area contributed by atoms with Gasteiger partial charge in [0.25, 0.3) is 5.91 Å². The topological polar surface area (TPSA) is 177 Å². The third-order valence-corrected chi connectivity index (χ3v) is 7.95. The van der Waals surface area contributed by atoms with E-state index in [4.69, 9.17) is 13.9 Å². The lowest BCUT2D eigenvalue weighted by Crippen LogP contribution is -2.44. The second-order valence-electron chi connectivity index (χ2n) is 12.0. The standard InChI is InChI=1S/C35H42N4O9/c1-22-9-7-15-36-30(42)14-13-23(2)32(24(3)20-47-35(45)37-25-10-5-4-6-11-25)48-34(44)29-12-8-16-39(29)33(43)28-21-46-31(38-28)19-27(41)18-26(40)17-22/h4-7,9-11,13-14,17,21,23-24,26,29,32,40H,8,12,15-16,18-20H2,1-3H3,(H,36,42)(H,37,45)/b9-7+,14-13+,22-17+. The SMILES string of the molecule is CC1=C\C(O)CC(=O)Cc2nc(co2)C(=O)N2CCCC2C(=O)OC(C(C)COC(=O)Nc2ccccc2)C(C)/C=C/C(=O)NC\C=C\1. The Labute approximate surface area is 279 Å². The van der Waals surface area contributed by atoms with Gasteiger partial charge < -0.3 is 29.2 Å². The highest BCUT2D eigenvalue weighted by atomic mass is 16.6. The minimum absolute atomic E-state index is 0.0226. The molecule has 2 aliphatic rings. The van der Waals surface area contributed by atoms with E-state index in [1.54, 1.807) is 63.3 Å². The lowest BCUT2D eigenvalue weighted by Gasteiger charge is -2.30. The fraction of sp³-hybridized carbons (Fsp3) is 0.429. The van der Waals surface area contributed by atoms with Crippen molar-refractivity contribution in [3.05, 3.63) is 84.1 Å². The zero-order valence-electron chi connectivity index (χ0n) is 27.3. The number of rotatable bonds is 4. The summed E-state index contributed by atoms with van der Waals surface area (Å²) < 4.78 is 16.8. The highest BCUT2D eigenvalue weighted by Crippen LogP contribution is 2.26. The van der Waals surface area contributed by atoms with Crippen molar-refractivity contribution in [2.24, 2.45) is 11.8 Å². The molecule has 3 amide bonds. The van der Waals surface area contributed by atoms with Gasteiger partial charge in [0.1, 0.15) is 24.2 Å². The summed E-state index contributed by atoms with van der Waals surface area (Å²) in [4.78, 5) is 70.2. The van der Waals surface area contributed by atoms with Gasteiger partial charge in [0, 0.05) is 37.0 Å². The number of nitrogens with one attached hydrogen (secondary N) is 2. The number of carbonyl (C=O) groups excluding carboxylic acids is 5. The molecule has 48 heavy (non-hydrogen) atoms. The van der Waals surface area contributed by atoms with Crippen LogP contribution in [0.25, 0.3) is 0 Å². The average Bonchev–Trinajstić information content (AvgIpc) is 3.73. The molecule has 256 valence electrons. The molecular formula is C35H42N4O9. The zero-order chi connectivity index (χ0) is 34.6. The molecule has 2 aromatic rings. The smallest absolute Gasteiger partial charge is 0.411 e. The van der Waals surface area contributed by atoms with Crippen molar-refractivity contribution in [3.8, 4) is 0 Å². The average molecular weight is 663 g/mol. The van der Waals surface area contributed by atoms with E-state index in [-0.39, 0.29) is 55.8 Å². The summed E-state index contributed by atoms with van der Waals surface area (Å²) in [5.74, 6) is -2.87.